The van der Waals surface area contributed by atoms with Gasteiger partial charge in [-0.05, 0) is 12.1 Å². The summed E-state index contributed by atoms with van der Waals surface area (Å²) in [5, 5.41) is 13.6. The molecule has 2 aromatic heterocycles. The molecule has 0 radical (unpaired) electrons. The molecule has 86 valence electrons. The van der Waals surface area contributed by atoms with E-state index in [9.17, 15) is 4.79 Å². The molecule has 1 aromatic carbocycles. The lowest BCUT2D eigenvalue weighted by molar-refractivity contribution is 0.891. The molecule has 3 aromatic rings. The van der Waals surface area contributed by atoms with Crippen molar-refractivity contribution in [1.29, 1.82) is 5.26 Å². The number of nitrogens with zero attached hydrogens (tertiary/aromatic N) is 4. The average molecular weight is 237 g/mol. The van der Waals surface area contributed by atoms with Gasteiger partial charge in [0.1, 0.15) is 11.5 Å². The van der Waals surface area contributed by atoms with E-state index < -0.39 is 0 Å². The summed E-state index contributed by atoms with van der Waals surface area (Å²) in [4.78, 5) is 18.1. The molecule has 6 heteroatoms. The molecule has 0 saturated heterocycles. The van der Waals surface area contributed by atoms with E-state index in [1.807, 2.05) is 0 Å². The van der Waals surface area contributed by atoms with Crippen molar-refractivity contribution in [1.82, 2.24) is 19.7 Å². The van der Waals surface area contributed by atoms with E-state index in [0.29, 0.717) is 22.3 Å². The van der Waals surface area contributed by atoms with E-state index >= 15 is 0 Å². The second-order valence-corrected chi connectivity index (χ2v) is 3.65. The first-order valence-electron chi connectivity index (χ1n) is 5.22. The first kappa shape index (κ1) is 10.2. The minimum absolute atomic E-state index is 0.249. The van der Waals surface area contributed by atoms with E-state index in [-0.39, 0.29) is 5.56 Å². The van der Waals surface area contributed by atoms with E-state index in [2.05, 4.69) is 21.1 Å². The zero-order valence-corrected chi connectivity index (χ0v) is 9.16. The van der Waals surface area contributed by atoms with E-state index in [4.69, 9.17) is 5.26 Å². The number of nitrogens with one attached hydrogen (secondary N) is 1. The van der Waals surface area contributed by atoms with Crippen molar-refractivity contribution in [3.8, 4) is 11.8 Å². The van der Waals surface area contributed by atoms with E-state index in [1.165, 1.54) is 17.2 Å². The maximum absolute atomic E-state index is 11.6. The second-order valence-electron chi connectivity index (χ2n) is 3.65. The summed E-state index contributed by atoms with van der Waals surface area (Å²) >= 11 is 0. The van der Waals surface area contributed by atoms with Gasteiger partial charge in [0.15, 0.2) is 5.65 Å². The Bertz CT molecular complexity index is 824. The SMILES string of the molecule is N#Cc1ccccc1-n1ncc2c(=O)[nH]cnc21. The molecule has 2 heterocycles. The van der Waals surface area contributed by atoms with Crippen LogP contribution in [0.1, 0.15) is 5.56 Å². The van der Waals surface area contributed by atoms with E-state index in [1.54, 1.807) is 24.3 Å². The Morgan fingerprint density at radius 3 is 3.00 bits per heavy atom. The summed E-state index contributed by atoms with van der Waals surface area (Å²) < 4.78 is 1.49. The maximum atomic E-state index is 11.6. The maximum Gasteiger partial charge on any atom is 0.261 e. The molecule has 0 unspecified atom stereocenters. The fourth-order valence-electron chi connectivity index (χ4n) is 1.79. The van der Waals surface area contributed by atoms with Gasteiger partial charge in [-0.1, -0.05) is 12.1 Å². The quantitative estimate of drug-likeness (QED) is 0.683. The monoisotopic (exact) mass is 237 g/mol. The lowest BCUT2D eigenvalue weighted by Crippen LogP contribution is -2.07. The van der Waals surface area contributed by atoms with Gasteiger partial charge in [0, 0.05) is 0 Å². The number of benzene rings is 1. The van der Waals surface area contributed by atoms with Gasteiger partial charge in [-0.15, -0.1) is 0 Å². The molecule has 0 saturated carbocycles. The number of H-pyrrole nitrogens is 1. The molecule has 6 nitrogen and oxygen atoms in total. The zero-order chi connectivity index (χ0) is 12.5. The Kier molecular flexibility index (Phi) is 2.17. The van der Waals surface area contributed by atoms with Gasteiger partial charge in [0.05, 0.1) is 23.8 Å². The van der Waals surface area contributed by atoms with Crippen LogP contribution < -0.4 is 5.56 Å². The van der Waals surface area contributed by atoms with Crippen LogP contribution in [0, 0.1) is 11.3 Å². The number of para-hydroxylation sites is 1. The third-order valence-corrected chi connectivity index (χ3v) is 2.62. The highest BCUT2D eigenvalue weighted by atomic mass is 16.1. The minimum atomic E-state index is -0.249. The standard InChI is InChI=1S/C12H7N5O/c13-5-8-3-1-2-4-10(8)17-11-9(6-16-17)12(18)15-7-14-11/h1-4,6-7H,(H,14,15,18). The van der Waals surface area contributed by atoms with Crippen LogP contribution in [0.5, 0.6) is 0 Å². The molecule has 0 bridgehead atoms. The third-order valence-electron chi connectivity index (χ3n) is 2.62. The Morgan fingerprint density at radius 2 is 2.17 bits per heavy atom. The highest BCUT2D eigenvalue weighted by Crippen LogP contribution is 2.16. The summed E-state index contributed by atoms with van der Waals surface area (Å²) in [7, 11) is 0. The summed E-state index contributed by atoms with van der Waals surface area (Å²) in [6, 6.07) is 9.11. The number of nitriles is 1. The molecule has 18 heavy (non-hydrogen) atoms. The predicted octanol–water partition coefficient (Wildman–Crippen LogP) is 0.980. The van der Waals surface area contributed by atoms with Gasteiger partial charge < -0.3 is 4.98 Å². The lowest BCUT2D eigenvalue weighted by atomic mass is 10.2. The van der Waals surface area contributed by atoms with Crippen LogP contribution in [-0.2, 0) is 0 Å². The fourth-order valence-corrected chi connectivity index (χ4v) is 1.79. The highest BCUT2D eigenvalue weighted by molar-refractivity contribution is 5.75. The Morgan fingerprint density at radius 1 is 1.33 bits per heavy atom. The lowest BCUT2D eigenvalue weighted by Gasteiger charge is -2.03. The van der Waals surface area contributed by atoms with Gasteiger partial charge in [0.2, 0.25) is 0 Å². The van der Waals surface area contributed by atoms with Crippen molar-refractivity contribution in [2.75, 3.05) is 0 Å². The normalized spacial score (nSPS) is 10.4. The molecule has 1 N–H and O–H groups in total. The number of rotatable bonds is 1. The first-order valence-corrected chi connectivity index (χ1v) is 5.22. The largest absolute Gasteiger partial charge is 0.312 e. The first-order chi connectivity index (χ1) is 8.81. The second kappa shape index (κ2) is 3.82. The summed E-state index contributed by atoms with van der Waals surface area (Å²) in [6.45, 7) is 0. The Labute approximate surface area is 101 Å². The molecule has 0 amide bonds. The van der Waals surface area contributed by atoms with Gasteiger partial charge in [-0.2, -0.15) is 10.4 Å². The Hall–Kier alpha value is -2.94. The molecule has 0 aliphatic heterocycles. The topological polar surface area (TPSA) is 87.4 Å². The molecule has 0 aliphatic carbocycles. The smallest absolute Gasteiger partial charge is 0.261 e. The molecule has 0 spiro atoms. The van der Waals surface area contributed by atoms with Crippen molar-refractivity contribution in [2.45, 2.75) is 0 Å². The molecular weight excluding hydrogens is 230 g/mol. The summed E-state index contributed by atoms with van der Waals surface area (Å²) in [6.07, 6.45) is 2.76. The van der Waals surface area contributed by atoms with Crippen LogP contribution in [0.3, 0.4) is 0 Å². The van der Waals surface area contributed by atoms with Crippen molar-refractivity contribution in [3.05, 3.63) is 52.7 Å². The van der Waals surface area contributed by atoms with Crippen molar-refractivity contribution in [3.63, 3.8) is 0 Å². The van der Waals surface area contributed by atoms with Crippen LogP contribution in [0.4, 0.5) is 0 Å². The molecule has 0 fully saturated rings. The number of aromatic nitrogens is 4. The molecular formula is C12H7N5O. The van der Waals surface area contributed by atoms with Crippen LogP contribution >= 0.6 is 0 Å². The minimum Gasteiger partial charge on any atom is -0.312 e. The highest BCUT2D eigenvalue weighted by Gasteiger charge is 2.11. The Balaban J connectivity index is 2.37. The summed E-state index contributed by atoms with van der Waals surface area (Å²) in [5.41, 5.74) is 1.26. The van der Waals surface area contributed by atoms with Crippen molar-refractivity contribution >= 4 is 11.0 Å². The molecule has 0 atom stereocenters. The van der Waals surface area contributed by atoms with Crippen LogP contribution in [-0.4, -0.2) is 19.7 Å². The van der Waals surface area contributed by atoms with Crippen molar-refractivity contribution < 1.29 is 0 Å². The number of hydrogen-bond acceptors (Lipinski definition) is 4. The predicted molar refractivity (Wildman–Crippen MR) is 64.2 cm³/mol. The van der Waals surface area contributed by atoms with Crippen LogP contribution in [0.2, 0.25) is 0 Å². The third kappa shape index (κ3) is 1.38. The zero-order valence-electron chi connectivity index (χ0n) is 9.16. The number of fused-ring (bicyclic) bond motifs is 1. The van der Waals surface area contributed by atoms with Gasteiger partial charge in [0.25, 0.3) is 5.56 Å². The average Bonchev–Trinajstić information content (AvgIpc) is 2.84. The number of aromatic amines is 1. The number of hydrogen-bond donors (Lipinski definition) is 1. The molecule has 3 rings (SSSR count). The van der Waals surface area contributed by atoms with Crippen LogP contribution in [0.15, 0.2) is 41.6 Å². The van der Waals surface area contributed by atoms with Crippen LogP contribution in [0.25, 0.3) is 16.7 Å². The van der Waals surface area contributed by atoms with Gasteiger partial charge >= 0.3 is 0 Å². The summed E-state index contributed by atoms with van der Waals surface area (Å²) in [5.74, 6) is 0. The molecule has 0 aliphatic rings. The van der Waals surface area contributed by atoms with Crippen molar-refractivity contribution in [2.24, 2.45) is 0 Å². The van der Waals surface area contributed by atoms with Gasteiger partial charge in [-0.25, -0.2) is 9.67 Å². The fraction of sp³-hybridized carbons (Fsp3) is 0. The van der Waals surface area contributed by atoms with Gasteiger partial charge in [-0.3, -0.25) is 4.79 Å². The van der Waals surface area contributed by atoms with E-state index in [0.717, 1.165) is 0 Å².